The molecule has 3 aliphatic rings. The fourth-order valence-corrected chi connectivity index (χ4v) is 4.37. The van der Waals surface area contributed by atoms with E-state index in [2.05, 4.69) is 25.7 Å². The smallest absolute Gasteiger partial charge is 0.234 e. The van der Waals surface area contributed by atoms with Crippen LogP contribution >= 0.6 is 0 Å². The van der Waals surface area contributed by atoms with Crippen LogP contribution in [0, 0.1) is 16.7 Å². The van der Waals surface area contributed by atoms with Crippen LogP contribution in [0.25, 0.3) is 0 Å². The molecule has 4 heteroatoms. The van der Waals surface area contributed by atoms with Gasteiger partial charge in [-0.15, -0.1) is 0 Å². The zero-order valence-electron chi connectivity index (χ0n) is 13.1. The average Bonchev–Trinajstić information content (AvgIpc) is 3.16. The third-order valence-electron chi connectivity index (χ3n) is 5.96. The number of benzene rings is 1. The number of nitrogens with one attached hydrogen (secondary N) is 1. The van der Waals surface area contributed by atoms with Gasteiger partial charge in [-0.1, -0.05) is 26.0 Å². The lowest BCUT2D eigenvalue weighted by Crippen LogP contribution is -2.37. The van der Waals surface area contributed by atoms with Crippen molar-refractivity contribution < 1.29 is 14.3 Å². The normalized spacial score (nSPS) is 30.6. The van der Waals surface area contributed by atoms with Gasteiger partial charge in [0, 0.05) is 11.8 Å². The van der Waals surface area contributed by atoms with Crippen LogP contribution in [0.5, 0.6) is 11.5 Å². The largest absolute Gasteiger partial charge is 0.454 e. The molecule has 2 aliphatic carbocycles. The van der Waals surface area contributed by atoms with Gasteiger partial charge in [0.15, 0.2) is 11.5 Å². The van der Waals surface area contributed by atoms with Crippen molar-refractivity contribution in [3.8, 4) is 11.5 Å². The Morgan fingerprint density at radius 3 is 2.82 bits per heavy atom. The molecule has 22 heavy (non-hydrogen) atoms. The molecule has 2 atom stereocenters. The first-order chi connectivity index (χ1) is 10.4. The number of rotatable bonds is 2. The Kier molecular flexibility index (Phi) is 2.66. The summed E-state index contributed by atoms with van der Waals surface area (Å²) < 4.78 is 10.7. The van der Waals surface area contributed by atoms with Crippen LogP contribution in [-0.4, -0.2) is 12.7 Å². The summed E-state index contributed by atoms with van der Waals surface area (Å²) in [6.45, 7) is 8.95. The van der Waals surface area contributed by atoms with Gasteiger partial charge in [0.2, 0.25) is 12.7 Å². The Labute approximate surface area is 130 Å². The Morgan fingerprint density at radius 2 is 2.09 bits per heavy atom. The third kappa shape index (κ3) is 1.67. The molecule has 4 rings (SSSR count). The van der Waals surface area contributed by atoms with E-state index in [4.69, 9.17) is 9.47 Å². The molecular formula is C18H21NO3. The van der Waals surface area contributed by atoms with E-state index in [0.29, 0.717) is 11.7 Å². The van der Waals surface area contributed by atoms with Crippen LogP contribution in [-0.2, 0) is 4.79 Å². The lowest BCUT2D eigenvalue weighted by molar-refractivity contribution is -0.123. The van der Waals surface area contributed by atoms with Crippen LogP contribution in [0.4, 0.5) is 5.69 Å². The van der Waals surface area contributed by atoms with Crippen LogP contribution in [0.2, 0.25) is 0 Å². The number of ether oxygens (including phenoxy) is 2. The van der Waals surface area contributed by atoms with E-state index < -0.39 is 5.41 Å². The van der Waals surface area contributed by atoms with Crippen LogP contribution in [0.1, 0.15) is 33.1 Å². The average molecular weight is 299 g/mol. The van der Waals surface area contributed by atoms with Crippen molar-refractivity contribution >= 4 is 11.6 Å². The minimum Gasteiger partial charge on any atom is -0.454 e. The van der Waals surface area contributed by atoms with Gasteiger partial charge in [0.25, 0.3) is 0 Å². The first kappa shape index (κ1) is 13.7. The zero-order valence-corrected chi connectivity index (χ0v) is 13.1. The predicted octanol–water partition coefficient (Wildman–Crippen LogP) is 3.74. The maximum Gasteiger partial charge on any atom is 0.234 e. The molecule has 4 nitrogen and oxygen atoms in total. The number of carbonyl (C=O) groups is 1. The molecular weight excluding hydrogens is 278 g/mol. The van der Waals surface area contributed by atoms with Crippen molar-refractivity contribution in [1.29, 1.82) is 0 Å². The summed E-state index contributed by atoms with van der Waals surface area (Å²) in [6, 6.07) is 5.52. The molecule has 0 spiro atoms. The monoisotopic (exact) mass is 299 g/mol. The fourth-order valence-electron chi connectivity index (χ4n) is 4.37. The van der Waals surface area contributed by atoms with Crippen molar-refractivity contribution in [3.63, 3.8) is 0 Å². The number of hydrogen-bond acceptors (Lipinski definition) is 3. The minimum atomic E-state index is -0.398. The molecule has 116 valence electrons. The van der Waals surface area contributed by atoms with Crippen molar-refractivity contribution in [3.05, 3.63) is 30.4 Å². The SMILES string of the molecule is C=C1C(C)(C)[C@H]2CC[C@]1(C(=O)Nc1ccc3c(c1)OCO3)C2. The van der Waals surface area contributed by atoms with Crippen molar-refractivity contribution in [1.82, 2.24) is 0 Å². The number of anilines is 1. The van der Waals surface area contributed by atoms with Gasteiger partial charge in [-0.25, -0.2) is 0 Å². The molecule has 1 aromatic carbocycles. The highest BCUT2D eigenvalue weighted by atomic mass is 16.7. The standard InChI is InChI=1S/C18H21NO3/c1-11-17(2,3)12-6-7-18(11,9-12)16(20)19-13-4-5-14-15(8-13)22-10-21-14/h4-5,8,12H,1,6-7,9-10H2,2-3H3,(H,19,20)/t12-,18-/m0/s1. The van der Waals surface area contributed by atoms with E-state index in [1.54, 1.807) is 0 Å². The van der Waals surface area contributed by atoms with Gasteiger partial charge < -0.3 is 14.8 Å². The summed E-state index contributed by atoms with van der Waals surface area (Å²) in [6.07, 6.45) is 2.95. The van der Waals surface area contributed by atoms with E-state index in [0.717, 1.165) is 36.3 Å². The van der Waals surface area contributed by atoms with Gasteiger partial charge >= 0.3 is 0 Å². The topological polar surface area (TPSA) is 47.6 Å². The molecule has 0 radical (unpaired) electrons. The van der Waals surface area contributed by atoms with Gasteiger partial charge in [0.1, 0.15) is 0 Å². The van der Waals surface area contributed by atoms with Crippen LogP contribution < -0.4 is 14.8 Å². The van der Waals surface area contributed by atoms with Gasteiger partial charge in [-0.3, -0.25) is 4.79 Å². The second-order valence-electron chi connectivity index (χ2n) is 7.24. The third-order valence-corrected chi connectivity index (χ3v) is 5.96. The van der Waals surface area contributed by atoms with Gasteiger partial charge in [-0.05, 0) is 42.7 Å². The molecule has 1 aliphatic heterocycles. The Hall–Kier alpha value is -1.97. The Bertz CT molecular complexity index is 679. The summed E-state index contributed by atoms with van der Waals surface area (Å²) in [5, 5.41) is 3.06. The number of hydrogen-bond donors (Lipinski definition) is 1. The van der Waals surface area contributed by atoms with E-state index in [-0.39, 0.29) is 18.1 Å². The van der Waals surface area contributed by atoms with Gasteiger partial charge in [-0.2, -0.15) is 0 Å². The Balaban J connectivity index is 1.59. The summed E-state index contributed by atoms with van der Waals surface area (Å²) in [4.78, 5) is 12.9. The molecule has 0 aromatic heterocycles. The molecule has 2 fully saturated rings. The van der Waals surface area contributed by atoms with E-state index in [9.17, 15) is 4.79 Å². The highest BCUT2D eigenvalue weighted by molar-refractivity contribution is 5.98. The lowest BCUT2D eigenvalue weighted by Gasteiger charge is -2.37. The first-order valence-electron chi connectivity index (χ1n) is 7.84. The molecule has 2 bridgehead atoms. The fraction of sp³-hybridized carbons (Fsp3) is 0.500. The van der Waals surface area contributed by atoms with Gasteiger partial charge in [0.05, 0.1) is 5.41 Å². The summed E-state index contributed by atoms with van der Waals surface area (Å²) in [5.41, 5.74) is 1.51. The first-order valence-corrected chi connectivity index (χ1v) is 7.84. The van der Waals surface area contributed by atoms with Crippen molar-refractivity contribution in [2.75, 3.05) is 12.1 Å². The van der Waals surface area contributed by atoms with Crippen molar-refractivity contribution in [2.45, 2.75) is 33.1 Å². The Morgan fingerprint density at radius 1 is 1.32 bits per heavy atom. The number of amides is 1. The maximum atomic E-state index is 12.9. The second kappa shape index (κ2) is 4.28. The number of fused-ring (bicyclic) bond motifs is 3. The summed E-state index contributed by atoms with van der Waals surface area (Å²) >= 11 is 0. The molecule has 1 N–H and O–H groups in total. The lowest BCUT2D eigenvalue weighted by atomic mass is 9.68. The van der Waals surface area contributed by atoms with Crippen LogP contribution in [0.3, 0.4) is 0 Å². The van der Waals surface area contributed by atoms with Crippen LogP contribution in [0.15, 0.2) is 30.4 Å². The highest BCUT2D eigenvalue weighted by Gasteiger charge is 2.60. The maximum absolute atomic E-state index is 12.9. The van der Waals surface area contributed by atoms with Crippen molar-refractivity contribution in [2.24, 2.45) is 16.7 Å². The van der Waals surface area contributed by atoms with E-state index in [1.807, 2.05) is 18.2 Å². The molecule has 1 aromatic rings. The highest BCUT2D eigenvalue weighted by Crippen LogP contribution is 2.65. The minimum absolute atomic E-state index is 0.0600. The summed E-state index contributed by atoms with van der Waals surface area (Å²) in [5.74, 6) is 2.06. The molecule has 1 heterocycles. The molecule has 1 amide bonds. The zero-order chi connectivity index (χ0) is 15.5. The predicted molar refractivity (Wildman–Crippen MR) is 83.9 cm³/mol. The van der Waals surface area contributed by atoms with E-state index in [1.165, 1.54) is 0 Å². The van der Waals surface area contributed by atoms with E-state index >= 15 is 0 Å². The molecule has 2 saturated carbocycles. The summed E-state index contributed by atoms with van der Waals surface area (Å²) in [7, 11) is 0. The quantitative estimate of drug-likeness (QED) is 0.846. The molecule has 0 unspecified atom stereocenters. The molecule has 0 saturated heterocycles. The number of carbonyl (C=O) groups excluding carboxylic acids is 1. The second-order valence-corrected chi connectivity index (χ2v) is 7.24.